The van der Waals surface area contributed by atoms with Crippen molar-refractivity contribution in [3.05, 3.63) is 70.7 Å². The van der Waals surface area contributed by atoms with Gasteiger partial charge in [-0.05, 0) is 54.9 Å². The minimum absolute atomic E-state index is 0. The van der Waals surface area contributed by atoms with E-state index in [0.717, 1.165) is 0 Å². The van der Waals surface area contributed by atoms with Crippen molar-refractivity contribution < 1.29 is 22.9 Å². The lowest BCUT2D eigenvalue weighted by atomic mass is 9.92. The number of benzene rings is 2. The molecule has 0 spiro atoms. The topological polar surface area (TPSA) is 49.8 Å². The number of rotatable bonds is 5. The number of nitrogens with zero attached hydrogens (tertiary/aromatic N) is 1. The van der Waals surface area contributed by atoms with E-state index in [4.69, 9.17) is 13.0 Å². The quantitative estimate of drug-likeness (QED) is 0.852. The number of fused-ring (bicyclic) bond motifs is 2. The summed E-state index contributed by atoms with van der Waals surface area (Å²) in [7, 11) is 3.79. The normalized spacial score (nSPS) is 19.3. The van der Waals surface area contributed by atoms with Gasteiger partial charge in [-0.1, -0.05) is 36.3 Å². The third kappa shape index (κ3) is 4.65. The van der Waals surface area contributed by atoms with E-state index in [1.165, 1.54) is 12.1 Å². The van der Waals surface area contributed by atoms with Crippen molar-refractivity contribution in [3.63, 3.8) is 0 Å². The molecule has 1 aliphatic heterocycles. The van der Waals surface area contributed by atoms with Crippen molar-refractivity contribution in [2.24, 2.45) is 0 Å². The highest BCUT2D eigenvalue weighted by atomic mass is 35.5. The van der Waals surface area contributed by atoms with Gasteiger partial charge < -0.3 is 14.7 Å². The molecular formula is C21H24ClNO3. The maximum absolute atomic E-state index is 11.2. The molecule has 3 rings (SSSR count). The largest absolute Gasteiger partial charge is 0.488 e. The van der Waals surface area contributed by atoms with Crippen LogP contribution in [0, 0.1) is 0 Å². The molecule has 138 valence electrons. The summed E-state index contributed by atoms with van der Waals surface area (Å²) in [4.78, 5) is 13.2. The van der Waals surface area contributed by atoms with Crippen molar-refractivity contribution >= 4 is 23.9 Å². The maximum Gasteiger partial charge on any atom is 0.307 e. The second kappa shape index (κ2) is 8.88. The van der Waals surface area contributed by atoms with E-state index >= 15 is 0 Å². The second-order valence-electron chi connectivity index (χ2n) is 6.06. The lowest BCUT2D eigenvalue weighted by Crippen LogP contribution is -2.12. The monoisotopic (exact) mass is 379 g/mol. The third-order valence-corrected chi connectivity index (χ3v) is 3.83. The fourth-order valence-corrected chi connectivity index (χ4v) is 2.67. The lowest BCUT2D eigenvalue weighted by molar-refractivity contribution is -0.136. The smallest absolute Gasteiger partial charge is 0.307 e. The van der Waals surface area contributed by atoms with Crippen LogP contribution in [0.5, 0.6) is 5.75 Å². The first-order valence-corrected chi connectivity index (χ1v) is 7.94. The van der Waals surface area contributed by atoms with Crippen LogP contribution in [0.25, 0.3) is 5.57 Å². The number of halogens is 1. The van der Waals surface area contributed by atoms with Gasteiger partial charge in [0.05, 0.1) is 14.6 Å². The summed E-state index contributed by atoms with van der Waals surface area (Å²) in [6.07, 6.45) is 2.06. The molecule has 2 aromatic rings. The van der Waals surface area contributed by atoms with Gasteiger partial charge in [0, 0.05) is 12.1 Å². The van der Waals surface area contributed by atoms with Gasteiger partial charge in [0.25, 0.3) is 0 Å². The Hall–Kier alpha value is -2.30. The van der Waals surface area contributed by atoms with Gasteiger partial charge in [-0.3, -0.25) is 4.79 Å². The van der Waals surface area contributed by atoms with E-state index < -0.39 is 30.7 Å². The highest BCUT2D eigenvalue weighted by Crippen LogP contribution is 2.37. The van der Waals surface area contributed by atoms with Crippen LogP contribution in [0.15, 0.2) is 48.4 Å². The average Bonchev–Trinajstić information content (AvgIpc) is 2.76. The van der Waals surface area contributed by atoms with Crippen LogP contribution in [-0.4, -0.2) is 36.6 Å². The first-order valence-electron chi connectivity index (χ1n) is 10.9. The van der Waals surface area contributed by atoms with Crippen LogP contribution in [0.1, 0.15) is 36.9 Å². The molecule has 0 radical (unpaired) electrons. The number of carbonyl (C=O) groups is 1. The zero-order valence-corrected chi connectivity index (χ0v) is 15.4. The molecular weight excluding hydrogens is 350 g/mol. The average molecular weight is 380 g/mol. The summed E-state index contributed by atoms with van der Waals surface area (Å²) in [6, 6.07) is 2.72. The molecule has 0 amide bonds. The first kappa shape index (κ1) is 13.0. The van der Waals surface area contributed by atoms with E-state index in [9.17, 15) is 9.90 Å². The summed E-state index contributed by atoms with van der Waals surface area (Å²) in [6.45, 7) is -1.87. The van der Waals surface area contributed by atoms with Crippen LogP contribution >= 0.6 is 12.4 Å². The molecule has 0 saturated heterocycles. The Kier molecular flexibility index (Phi) is 4.42. The number of carboxylic acid groups (broad SMARTS) is 1. The van der Waals surface area contributed by atoms with Gasteiger partial charge in [0.2, 0.25) is 0 Å². The molecule has 0 aliphatic carbocycles. The van der Waals surface area contributed by atoms with Crippen molar-refractivity contribution in [1.29, 1.82) is 0 Å². The Labute approximate surface area is 168 Å². The highest BCUT2D eigenvalue weighted by Gasteiger charge is 2.19. The van der Waals surface area contributed by atoms with Crippen LogP contribution in [0.3, 0.4) is 0 Å². The summed E-state index contributed by atoms with van der Waals surface area (Å²) in [5.74, 6) is -0.881. The molecule has 1 N–H and O–H groups in total. The predicted octanol–water partition coefficient (Wildman–Crippen LogP) is 4.01. The molecule has 0 fully saturated rings. The van der Waals surface area contributed by atoms with Crippen molar-refractivity contribution in [3.8, 4) is 5.75 Å². The fourth-order valence-electron chi connectivity index (χ4n) is 2.67. The molecule has 5 heteroatoms. The first-order chi connectivity index (χ1) is 14.4. The predicted molar refractivity (Wildman–Crippen MR) is 106 cm³/mol. The highest BCUT2D eigenvalue weighted by molar-refractivity contribution is 5.86. The van der Waals surface area contributed by atoms with Gasteiger partial charge >= 0.3 is 5.97 Å². The van der Waals surface area contributed by atoms with Crippen molar-refractivity contribution in [2.45, 2.75) is 19.4 Å². The number of hydrogen-bond donors (Lipinski definition) is 1. The number of carboxylic acids is 1. The SMILES string of the molecule is Cl.[2H]c1c([2H])c([2H])c2c(c1[2H])/C(=C/CCN(C)C)c1cc(CC(=O)O)ccc1OC2([2H])[2H]. The lowest BCUT2D eigenvalue weighted by Gasteiger charge is -2.13. The minimum atomic E-state index is -2.52. The van der Waals surface area contributed by atoms with Gasteiger partial charge in [0.15, 0.2) is 0 Å². The van der Waals surface area contributed by atoms with Gasteiger partial charge in [0.1, 0.15) is 12.3 Å². The van der Waals surface area contributed by atoms with Crippen molar-refractivity contribution in [1.82, 2.24) is 4.90 Å². The molecule has 0 unspecified atom stereocenters. The Morgan fingerprint density at radius 2 is 2.12 bits per heavy atom. The fraction of sp³-hybridized carbons (Fsp3) is 0.286. The minimum Gasteiger partial charge on any atom is -0.488 e. The second-order valence-corrected chi connectivity index (χ2v) is 6.06. The summed E-state index contributed by atoms with van der Waals surface area (Å²) >= 11 is 0. The number of ether oxygens (including phenoxy) is 1. The number of hydrogen-bond acceptors (Lipinski definition) is 3. The van der Waals surface area contributed by atoms with E-state index in [1.54, 1.807) is 12.1 Å². The van der Waals surface area contributed by atoms with Gasteiger partial charge in [-0.15, -0.1) is 12.4 Å². The molecule has 4 nitrogen and oxygen atoms in total. The summed E-state index contributed by atoms with van der Waals surface area (Å²) < 4.78 is 55.4. The molecule has 0 aromatic heterocycles. The molecule has 2 aromatic carbocycles. The van der Waals surface area contributed by atoms with Crippen LogP contribution in [0.4, 0.5) is 0 Å². The maximum atomic E-state index is 11.2. The van der Waals surface area contributed by atoms with E-state index in [-0.39, 0.29) is 41.7 Å². The zero-order valence-electron chi connectivity index (χ0n) is 20.5. The van der Waals surface area contributed by atoms with Crippen molar-refractivity contribution in [2.75, 3.05) is 20.6 Å². The van der Waals surface area contributed by atoms with Crippen LogP contribution < -0.4 is 4.74 Å². The molecule has 0 bridgehead atoms. The van der Waals surface area contributed by atoms with Crippen LogP contribution in [0.2, 0.25) is 0 Å². The Morgan fingerprint density at radius 1 is 1.35 bits per heavy atom. The Morgan fingerprint density at radius 3 is 2.85 bits per heavy atom. The molecule has 1 heterocycles. The third-order valence-electron chi connectivity index (χ3n) is 3.83. The standard InChI is InChI=1S/C21H23NO3.ClH/c1-22(2)11-5-8-18-17-7-4-3-6-16(17)14-25-20-10-9-15(12-19(18)20)13-21(23)24;/h3-4,6-10,12H,5,11,13-14H2,1-2H3,(H,23,24);1H/b18-8-;/i3D,4D,6D,7D,14D2;. The molecule has 0 saturated carbocycles. The Bertz CT molecular complexity index is 1090. The zero-order chi connectivity index (χ0) is 23.1. The van der Waals surface area contributed by atoms with E-state index in [0.29, 0.717) is 29.7 Å². The molecule has 0 atom stereocenters. The molecule has 1 aliphatic rings. The van der Waals surface area contributed by atoms with Gasteiger partial charge in [-0.2, -0.15) is 0 Å². The molecule has 26 heavy (non-hydrogen) atoms. The summed E-state index contributed by atoms with van der Waals surface area (Å²) in [5.41, 5.74) is 1.02. The summed E-state index contributed by atoms with van der Waals surface area (Å²) in [5, 5.41) is 9.17. The van der Waals surface area contributed by atoms with E-state index in [1.807, 2.05) is 19.0 Å². The van der Waals surface area contributed by atoms with Gasteiger partial charge in [-0.25, -0.2) is 0 Å². The van der Waals surface area contributed by atoms with Crippen LogP contribution in [-0.2, 0) is 17.8 Å². The Balaban J connectivity index is 0.00000363. The number of aliphatic carboxylic acids is 1. The van der Waals surface area contributed by atoms with E-state index in [2.05, 4.69) is 0 Å².